The van der Waals surface area contributed by atoms with Gasteiger partial charge in [0.25, 0.3) is 6.33 Å². The fourth-order valence-corrected chi connectivity index (χ4v) is 9.16. The summed E-state index contributed by atoms with van der Waals surface area (Å²) < 4.78 is 21.7. The van der Waals surface area contributed by atoms with Crippen LogP contribution in [0.2, 0.25) is 0 Å². The van der Waals surface area contributed by atoms with Crippen LogP contribution < -0.4 is 9.30 Å². The molecule has 5 aromatic heterocycles. The first-order valence-corrected chi connectivity index (χ1v) is 20.2. The summed E-state index contributed by atoms with van der Waals surface area (Å²) in [6.45, 7) is 0. The maximum Gasteiger partial charge on any atom is 0.268 e. The molecule has 0 aliphatic heterocycles. The Morgan fingerprint density at radius 2 is 1.19 bits per heavy atom. The van der Waals surface area contributed by atoms with Gasteiger partial charge in [-0.1, -0.05) is 115 Å². The molecule has 0 spiro atoms. The van der Waals surface area contributed by atoms with Crippen LogP contribution in [0.25, 0.3) is 99.5 Å². The van der Waals surface area contributed by atoms with E-state index in [1.807, 2.05) is 48.5 Å². The van der Waals surface area contributed by atoms with Crippen LogP contribution in [0.4, 0.5) is 0 Å². The van der Waals surface area contributed by atoms with E-state index in [0.29, 0.717) is 11.5 Å². The molecule has 0 fully saturated rings. The van der Waals surface area contributed by atoms with Crippen LogP contribution in [0.1, 0.15) is 0 Å². The van der Waals surface area contributed by atoms with Crippen molar-refractivity contribution in [1.29, 1.82) is 0 Å². The zero-order valence-electron chi connectivity index (χ0n) is 32.8. The Balaban J connectivity index is 0.00000410. The Morgan fingerprint density at radius 1 is 0.516 bits per heavy atom. The van der Waals surface area contributed by atoms with Gasteiger partial charge in [0.05, 0.1) is 33.1 Å². The molecular formula is C54H31N5O2Pt-2. The molecule has 0 unspecified atom stereocenters. The Labute approximate surface area is 369 Å². The van der Waals surface area contributed by atoms with Crippen molar-refractivity contribution >= 4 is 76.6 Å². The largest absolute Gasteiger partial charge is 0.510 e. The molecule has 8 aromatic carbocycles. The first-order valence-electron chi connectivity index (χ1n) is 20.2. The third kappa shape index (κ3) is 5.42. The fraction of sp³-hybridized carbons (Fsp3) is 0. The van der Waals surface area contributed by atoms with Crippen molar-refractivity contribution in [3.05, 3.63) is 207 Å². The minimum absolute atomic E-state index is 0. The number of fused-ring (bicyclic) bond motifs is 10. The van der Waals surface area contributed by atoms with Gasteiger partial charge < -0.3 is 22.9 Å². The number of rotatable bonds is 6. The molecule has 62 heavy (non-hydrogen) atoms. The van der Waals surface area contributed by atoms with Gasteiger partial charge in [0.15, 0.2) is 0 Å². The van der Waals surface area contributed by atoms with Crippen molar-refractivity contribution in [3.63, 3.8) is 0 Å². The van der Waals surface area contributed by atoms with E-state index in [9.17, 15) is 0 Å². The van der Waals surface area contributed by atoms with Gasteiger partial charge in [-0.2, -0.15) is 18.2 Å². The van der Waals surface area contributed by atoms with Gasteiger partial charge in [-0.05, 0) is 53.5 Å². The first-order chi connectivity index (χ1) is 30.3. The van der Waals surface area contributed by atoms with Crippen LogP contribution in [-0.2, 0) is 21.1 Å². The van der Waals surface area contributed by atoms with Gasteiger partial charge in [-0.25, -0.2) is 4.98 Å². The van der Waals surface area contributed by atoms with E-state index in [0.717, 1.165) is 88.7 Å². The first kappa shape index (κ1) is 36.1. The van der Waals surface area contributed by atoms with Crippen LogP contribution in [0.15, 0.2) is 193 Å². The summed E-state index contributed by atoms with van der Waals surface area (Å²) in [5.74, 6) is 1.89. The molecule has 13 aromatic rings. The Bertz CT molecular complexity index is 3880. The SMILES string of the molecule is [Pt].[c-]1c(Oc2[c-]c3c(cc2)c2ccccc2n3-c2nccc3oc4ccccc4c23)cccc1-n1[c-][n+](-c2cccc3c4ccccc4n(-c4ccccc4)c23)c2ccccc21. The second-order valence-corrected chi connectivity index (χ2v) is 15.2. The van der Waals surface area contributed by atoms with Crippen molar-refractivity contribution in [3.8, 4) is 34.4 Å². The zero-order valence-corrected chi connectivity index (χ0v) is 35.0. The molecule has 13 rings (SSSR count). The Morgan fingerprint density at radius 3 is 2.05 bits per heavy atom. The number of furan rings is 1. The van der Waals surface area contributed by atoms with Gasteiger partial charge in [-0.15, -0.1) is 29.7 Å². The number of imidazole rings is 1. The van der Waals surface area contributed by atoms with Crippen LogP contribution in [0.5, 0.6) is 11.5 Å². The quantitative estimate of drug-likeness (QED) is 0.123. The van der Waals surface area contributed by atoms with Gasteiger partial charge >= 0.3 is 0 Å². The van der Waals surface area contributed by atoms with Crippen LogP contribution in [0, 0.1) is 18.5 Å². The normalized spacial score (nSPS) is 11.7. The smallest absolute Gasteiger partial charge is 0.268 e. The number of benzene rings is 8. The molecule has 0 aliphatic rings. The maximum atomic E-state index is 6.64. The summed E-state index contributed by atoms with van der Waals surface area (Å²) in [7, 11) is 0. The number of para-hydroxylation sites is 7. The second-order valence-electron chi connectivity index (χ2n) is 15.2. The van der Waals surface area contributed by atoms with Crippen molar-refractivity contribution in [2.75, 3.05) is 0 Å². The van der Waals surface area contributed by atoms with E-state index in [1.165, 1.54) is 10.8 Å². The topological polar surface area (TPSA) is 53.9 Å². The van der Waals surface area contributed by atoms with E-state index in [4.69, 9.17) is 14.1 Å². The molecular weight excluding hydrogens is 946 g/mol. The number of hydrogen-bond acceptors (Lipinski definition) is 3. The molecule has 296 valence electrons. The molecule has 0 saturated heterocycles. The van der Waals surface area contributed by atoms with Crippen molar-refractivity contribution in [2.45, 2.75) is 0 Å². The average Bonchev–Trinajstić information content (AvgIpc) is 4.07. The summed E-state index contributed by atoms with van der Waals surface area (Å²) >= 11 is 0. The van der Waals surface area contributed by atoms with Gasteiger partial charge in [0.2, 0.25) is 0 Å². The predicted molar refractivity (Wildman–Crippen MR) is 242 cm³/mol. The Kier molecular flexibility index (Phi) is 8.27. The predicted octanol–water partition coefficient (Wildman–Crippen LogP) is 12.6. The van der Waals surface area contributed by atoms with Gasteiger partial charge in [-0.3, -0.25) is 4.57 Å². The molecule has 0 aliphatic carbocycles. The zero-order chi connectivity index (χ0) is 40.0. The fourth-order valence-electron chi connectivity index (χ4n) is 9.16. The van der Waals surface area contributed by atoms with Gasteiger partial charge in [0.1, 0.15) is 17.0 Å². The molecule has 0 radical (unpaired) electrons. The molecule has 8 heteroatoms. The monoisotopic (exact) mass is 976 g/mol. The molecule has 0 N–H and O–H groups in total. The van der Waals surface area contributed by atoms with E-state index < -0.39 is 0 Å². The van der Waals surface area contributed by atoms with E-state index >= 15 is 0 Å². The van der Waals surface area contributed by atoms with Crippen molar-refractivity contribution < 1.29 is 34.8 Å². The number of aromatic nitrogens is 5. The molecule has 7 nitrogen and oxygen atoms in total. The van der Waals surface area contributed by atoms with Crippen molar-refractivity contribution in [1.82, 2.24) is 18.7 Å². The van der Waals surface area contributed by atoms with Crippen molar-refractivity contribution in [2.24, 2.45) is 0 Å². The van der Waals surface area contributed by atoms with Crippen LogP contribution in [0.3, 0.4) is 0 Å². The summed E-state index contributed by atoms with van der Waals surface area (Å²) in [6.07, 6.45) is 5.53. The average molecular weight is 977 g/mol. The standard InChI is InChI=1S/C54H31N5O2.Pt/c1-2-14-35(15-3-1)58-44-22-7-5-19-40(44)42-21-13-26-48(53(42)58)57-34-56(46-24-9-10-25-47(46)57)36-16-12-17-37(32-36)60-38-28-29-41-39-18-4-8-23-45(39)59(49(41)33-38)54-52-43-20-6-11-27-50(43)61-51(52)30-31-55-54;/h1-31H;/q-2;. The van der Waals surface area contributed by atoms with Gasteiger partial charge in [0, 0.05) is 66.1 Å². The third-order valence-corrected chi connectivity index (χ3v) is 11.7. The van der Waals surface area contributed by atoms with Crippen LogP contribution in [-0.4, -0.2) is 18.7 Å². The van der Waals surface area contributed by atoms with E-state index in [-0.39, 0.29) is 21.1 Å². The number of nitrogens with zero attached hydrogens (tertiary/aromatic N) is 5. The Hall–Kier alpha value is -7.73. The number of pyridine rings is 1. The minimum Gasteiger partial charge on any atom is -0.510 e. The van der Waals surface area contributed by atoms with Crippen LogP contribution >= 0.6 is 0 Å². The molecule has 5 heterocycles. The molecule has 0 saturated carbocycles. The number of ether oxygens (including phenoxy) is 1. The van der Waals surface area contributed by atoms with E-state index in [1.54, 1.807) is 6.20 Å². The number of hydrogen-bond donors (Lipinski definition) is 0. The summed E-state index contributed by atoms with van der Waals surface area (Å²) in [5.41, 5.74) is 10.6. The van der Waals surface area contributed by atoms with E-state index in [2.05, 4.69) is 170 Å². The summed E-state index contributed by atoms with van der Waals surface area (Å²) in [4.78, 5) is 4.95. The molecule has 0 atom stereocenters. The third-order valence-electron chi connectivity index (χ3n) is 11.7. The summed E-state index contributed by atoms with van der Waals surface area (Å²) in [6, 6.07) is 69.7. The molecule has 0 bridgehead atoms. The summed E-state index contributed by atoms with van der Waals surface area (Å²) in [5, 5.41) is 6.48. The molecule has 0 amide bonds. The maximum absolute atomic E-state index is 6.64. The second kappa shape index (κ2) is 14.2. The minimum atomic E-state index is 0.